The Kier molecular flexibility index (Phi) is 4.09. The van der Waals surface area contributed by atoms with Crippen LogP contribution in [0.15, 0.2) is 18.5 Å². The molecular weight excluding hydrogens is 270 g/mol. The summed E-state index contributed by atoms with van der Waals surface area (Å²) in [6, 6.07) is 1.63. The highest BCUT2D eigenvalue weighted by Gasteiger charge is 2.12. The van der Waals surface area contributed by atoms with E-state index >= 15 is 0 Å². The van der Waals surface area contributed by atoms with Crippen LogP contribution in [0.3, 0.4) is 0 Å². The van der Waals surface area contributed by atoms with E-state index in [4.69, 9.17) is 0 Å². The van der Waals surface area contributed by atoms with Gasteiger partial charge in [0, 0.05) is 18.4 Å². The van der Waals surface area contributed by atoms with Crippen LogP contribution in [0.4, 0.5) is 0 Å². The third-order valence-corrected chi connectivity index (χ3v) is 4.40. The number of nitrogens with one attached hydrogen (secondary N) is 1. The first-order valence-electron chi connectivity index (χ1n) is 4.07. The van der Waals surface area contributed by atoms with E-state index in [0.29, 0.717) is 6.54 Å². The third kappa shape index (κ3) is 3.77. The third-order valence-electron chi connectivity index (χ3n) is 1.54. The minimum Gasteiger partial charge on any atom is -0.271 e. The van der Waals surface area contributed by atoms with Crippen LogP contribution in [0.25, 0.3) is 0 Å². The molecule has 0 saturated heterocycles. The first kappa shape index (κ1) is 11.7. The van der Waals surface area contributed by atoms with Gasteiger partial charge in [0.1, 0.15) is 4.66 Å². The van der Waals surface area contributed by atoms with Gasteiger partial charge in [-0.1, -0.05) is 15.9 Å². The fourth-order valence-corrected chi connectivity index (χ4v) is 2.21. The van der Waals surface area contributed by atoms with E-state index in [9.17, 15) is 8.42 Å². The van der Waals surface area contributed by atoms with E-state index < -0.39 is 10.0 Å². The monoisotopic (exact) mass is 281 g/mol. The molecule has 1 unspecified atom stereocenters. The number of alkyl halides is 1. The number of halogens is 1. The van der Waals surface area contributed by atoms with Crippen LogP contribution in [-0.4, -0.2) is 28.9 Å². The Morgan fingerprint density at radius 1 is 1.64 bits per heavy atom. The van der Waals surface area contributed by atoms with Crippen molar-refractivity contribution in [2.24, 2.45) is 0 Å². The van der Waals surface area contributed by atoms with Crippen molar-refractivity contribution >= 4 is 26.0 Å². The Morgan fingerprint density at radius 3 is 2.86 bits per heavy atom. The molecule has 14 heavy (non-hydrogen) atoms. The van der Waals surface area contributed by atoms with Crippen molar-refractivity contribution in [2.75, 3.05) is 4.66 Å². The second kappa shape index (κ2) is 4.90. The summed E-state index contributed by atoms with van der Waals surface area (Å²) in [6.45, 7) is 2.32. The maximum Gasteiger partial charge on any atom is 0.221 e. The first-order chi connectivity index (χ1) is 6.53. The van der Waals surface area contributed by atoms with E-state index in [-0.39, 0.29) is 10.7 Å². The lowest BCUT2D eigenvalue weighted by Crippen LogP contribution is -2.36. The van der Waals surface area contributed by atoms with Crippen LogP contribution in [0.5, 0.6) is 0 Å². The molecule has 1 aromatic rings. The van der Waals surface area contributed by atoms with Crippen molar-refractivity contribution in [1.29, 1.82) is 0 Å². The molecule has 0 amide bonds. The highest BCUT2D eigenvalue weighted by molar-refractivity contribution is 9.10. The molecule has 5 nitrogen and oxygen atoms in total. The number of aromatic nitrogens is 2. The van der Waals surface area contributed by atoms with Gasteiger partial charge in [0.05, 0.1) is 6.54 Å². The molecule has 1 atom stereocenters. The molecule has 1 aromatic heterocycles. The average molecular weight is 282 g/mol. The minimum absolute atomic E-state index is 0.0799. The highest BCUT2D eigenvalue weighted by Crippen LogP contribution is 1.96. The molecule has 80 valence electrons. The second-order valence-electron chi connectivity index (χ2n) is 2.97. The quantitative estimate of drug-likeness (QED) is 0.802. The van der Waals surface area contributed by atoms with Crippen molar-refractivity contribution in [3.05, 3.63) is 18.5 Å². The predicted octanol–water partition coefficient (Wildman–Crippen LogP) is 0.543. The van der Waals surface area contributed by atoms with Crippen LogP contribution < -0.4 is 4.72 Å². The van der Waals surface area contributed by atoms with Crippen LogP contribution in [0.1, 0.15) is 6.92 Å². The van der Waals surface area contributed by atoms with Gasteiger partial charge in [-0.25, -0.2) is 13.1 Å². The number of hydrogen-bond acceptors (Lipinski definition) is 3. The van der Waals surface area contributed by atoms with Crippen LogP contribution in [0.2, 0.25) is 0 Å². The maximum atomic E-state index is 11.2. The Morgan fingerprint density at radius 2 is 2.36 bits per heavy atom. The molecule has 1 rings (SSSR count). The summed E-state index contributed by atoms with van der Waals surface area (Å²) in [7, 11) is -3.20. The summed E-state index contributed by atoms with van der Waals surface area (Å²) in [5.74, 6) is 0. The number of sulfonamides is 1. The van der Waals surface area contributed by atoms with Gasteiger partial charge in [-0.15, -0.1) is 0 Å². The molecule has 0 aliphatic rings. The molecule has 0 aliphatic heterocycles. The average Bonchev–Trinajstić information content (AvgIpc) is 2.55. The molecule has 0 bridgehead atoms. The second-order valence-corrected chi connectivity index (χ2v) is 6.03. The lowest BCUT2D eigenvalue weighted by atomic mass is 10.4. The lowest BCUT2D eigenvalue weighted by molar-refractivity contribution is 0.496. The van der Waals surface area contributed by atoms with Gasteiger partial charge >= 0.3 is 0 Å². The summed E-state index contributed by atoms with van der Waals surface area (Å²) in [5.41, 5.74) is 0. The largest absolute Gasteiger partial charge is 0.271 e. The topological polar surface area (TPSA) is 64.0 Å². The van der Waals surface area contributed by atoms with Gasteiger partial charge in [-0.05, 0) is 13.0 Å². The van der Waals surface area contributed by atoms with Gasteiger partial charge in [0.2, 0.25) is 10.0 Å². The molecule has 1 heterocycles. The van der Waals surface area contributed by atoms with Gasteiger partial charge in [0.25, 0.3) is 0 Å². The predicted molar refractivity (Wildman–Crippen MR) is 57.5 cm³/mol. The molecule has 0 fully saturated rings. The normalized spacial score (nSPS) is 14.1. The van der Waals surface area contributed by atoms with Crippen molar-refractivity contribution in [3.8, 4) is 0 Å². The van der Waals surface area contributed by atoms with Crippen molar-refractivity contribution in [1.82, 2.24) is 14.5 Å². The van der Waals surface area contributed by atoms with Crippen LogP contribution in [-0.2, 0) is 16.6 Å². The van der Waals surface area contributed by atoms with E-state index in [2.05, 4.69) is 25.8 Å². The Hall–Kier alpha value is -0.400. The molecule has 0 radical (unpaired) electrons. The molecule has 0 aliphatic carbocycles. The number of rotatable bonds is 5. The zero-order valence-corrected chi connectivity index (χ0v) is 10.1. The molecule has 1 N–H and O–H groups in total. The number of nitrogens with zero attached hydrogens (tertiary/aromatic N) is 2. The maximum absolute atomic E-state index is 11.2. The van der Waals surface area contributed by atoms with Gasteiger partial charge < -0.3 is 0 Å². The Labute approximate surface area is 91.7 Å². The van der Waals surface area contributed by atoms with E-state index in [1.807, 2.05) is 0 Å². The summed E-state index contributed by atoms with van der Waals surface area (Å²) >= 11 is 2.90. The van der Waals surface area contributed by atoms with Crippen molar-refractivity contribution in [2.45, 2.75) is 19.5 Å². The van der Waals surface area contributed by atoms with Gasteiger partial charge in [-0.3, -0.25) is 4.68 Å². The minimum atomic E-state index is -3.20. The molecule has 7 heteroatoms. The highest BCUT2D eigenvalue weighted by atomic mass is 79.9. The molecule has 0 saturated carbocycles. The first-order valence-corrected chi connectivity index (χ1v) is 6.84. The standard InChI is InChI=1S/C7H12BrN3O2S/c1-7(10-14(12,13)6-8)5-11-4-2-3-9-11/h2-4,7,10H,5-6H2,1H3. The van der Waals surface area contributed by atoms with Crippen LogP contribution in [0, 0.1) is 0 Å². The Bertz CT molecular complexity index is 362. The number of hydrogen-bond donors (Lipinski definition) is 1. The molecular formula is C7H12BrN3O2S. The summed E-state index contributed by atoms with van der Waals surface area (Å²) in [5, 5.41) is 3.98. The molecule has 0 spiro atoms. The summed E-state index contributed by atoms with van der Waals surface area (Å²) < 4.78 is 26.4. The van der Waals surface area contributed by atoms with E-state index in [1.54, 1.807) is 30.1 Å². The van der Waals surface area contributed by atoms with E-state index in [0.717, 1.165) is 0 Å². The van der Waals surface area contributed by atoms with E-state index in [1.165, 1.54) is 0 Å². The smallest absolute Gasteiger partial charge is 0.221 e. The summed E-state index contributed by atoms with van der Waals surface area (Å²) in [6.07, 6.45) is 3.45. The van der Waals surface area contributed by atoms with Crippen molar-refractivity contribution < 1.29 is 8.42 Å². The SMILES string of the molecule is CC(Cn1cccn1)NS(=O)(=O)CBr. The molecule has 0 aromatic carbocycles. The van der Waals surface area contributed by atoms with Crippen molar-refractivity contribution in [3.63, 3.8) is 0 Å². The zero-order valence-electron chi connectivity index (χ0n) is 7.72. The zero-order chi connectivity index (χ0) is 10.6. The Balaban J connectivity index is 2.48. The van der Waals surface area contributed by atoms with Gasteiger partial charge in [-0.2, -0.15) is 5.10 Å². The fourth-order valence-electron chi connectivity index (χ4n) is 1.06. The van der Waals surface area contributed by atoms with Gasteiger partial charge in [0.15, 0.2) is 0 Å². The lowest BCUT2D eigenvalue weighted by Gasteiger charge is -2.12. The van der Waals surface area contributed by atoms with Crippen LogP contribution >= 0.6 is 15.9 Å². The fraction of sp³-hybridized carbons (Fsp3) is 0.571. The summed E-state index contributed by atoms with van der Waals surface area (Å²) in [4.78, 5) is 0.